The number of ether oxygens (including phenoxy) is 1. The summed E-state index contributed by atoms with van der Waals surface area (Å²) in [6.45, 7) is 3.08. The second-order valence-corrected chi connectivity index (χ2v) is 5.54. The Kier molecular flexibility index (Phi) is 4.08. The van der Waals surface area contributed by atoms with Crippen LogP contribution in [-0.4, -0.2) is 48.0 Å². The zero-order valence-corrected chi connectivity index (χ0v) is 12.1. The van der Waals surface area contributed by atoms with Gasteiger partial charge in [0, 0.05) is 32.6 Å². The van der Waals surface area contributed by atoms with Crippen LogP contribution in [0.5, 0.6) is 0 Å². The first kappa shape index (κ1) is 13.9. The normalized spacial score (nSPS) is 18.2. The van der Waals surface area contributed by atoms with Gasteiger partial charge in [-0.2, -0.15) is 0 Å². The minimum Gasteiger partial charge on any atom is -0.449 e. The maximum Gasteiger partial charge on any atom is 0.409 e. The molecule has 2 aliphatic rings. The summed E-state index contributed by atoms with van der Waals surface area (Å²) in [5.74, 6) is 0.114. The van der Waals surface area contributed by atoms with E-state index in [1.807, 2.05) is 17.0 Å². The van der Waals surface area contributed by atoms with Gasteiger partial charge >= 0.3 is 6.09 Å². The molecule has 1 fully saturated rings. The van der Waals surface area contributed by atoms with E-state index in [4.69, 9.17) is 4.74 Å². The van der Waals surface area contributed by atoms with Crippen LogP contribution >= 0.6 is 0 Å². The Hall–Kier alpha value is -2.04. The Morgan fingerprint density at radius 1 is 1.19 bits per heavy atom. The molecule has 1 aromatic carbocycles. The van der Waals surface area contributed by atoms with Gasteiger partial charge in [-0.3, -0.25) is 4.79 Å². The van der Waals surface area contributed by atoms with Crippen LogP contribution in [0.3, 0.4) is 0 Å². The second kappa shape index (κ2) is 6.16. The third kappa shape index (κ3) is 3.17. The Morgan fingerprint density at radius 3 is 2.81 bits per heavy atom. The molecule has 0 radical (unpaired) electrons. The molecule has 1 aromatic rings. The van der Waals surface area contributed by atoms with Gasteiger partial charge in [0.1, 0.15) is 0 Å². The number of amides is 2. The largest absolute Gasteiger partial charge is 0.449 e. The average molecular weight is 288 g/mol. The van der Waals surface area contributed by atoms with Crippen LogP contribution < -0.4 is 0 Å². The molecular formula is C16H20N2O3. The molecule has 5 nitrogen and oxygen atoms in total. The number of hydrogen-bond acceptors (Lipinski definition) is 3. The number of cyclic esters (lactones) is 1. The number of fused-ring (bicyclic) bond motifs is 1. The lowest BCUT2D eigenvalue weighted by atomic mass is 10.00. The molecule has 0 unspecified atom stereocenters. The fourth-order valence-corrected chi connectivity index (χ4v) is 2.90. The topological polar surface area (TPSA) is 49.9 Å². The predicted molar refractivity (Wildman–Crippen MR) is 77.7 cm³/mol. The molecule has 0 spiro atoms. The van der Waals surface area contributed by atoms with Crippen LogP contribution in [-0.2, 0) is 22.5 Å². The van der Waals surface area contributed by atoms with Gasteiger partial charge in [-0.05, 0) is 24.0 Å². The number of carbonyl (C=O) groups excluding carboxylic acids is 2. The van der Waals surface area contributed by atoms with Gasteiger partial charge in [0.05, 0.1) is 6.61 Å². The third-order valence-corrected chi connectivity index (χ3v) is 4.14. The minimum atomic E-state index is -0.293. The molecule has 0 aromatic heterocycles. The smallest absolute Gasteiger partial charge is 0.409 e. The molecule has 0 aliphatic carbocycles. The highest BCUT2D eigenvalue weighted by Crippen LogP contribution is 2.19. The number of nitrogens with zero attached hydrogens (tertiary/aromatic N) is 2. The number of carbonyl (C=O) groups is 2. The lowest BCUT2D eigenvalue weighted by Gasteiger charge is -2.30. The zero-order chi connectivity index (χ0) is 14.7. The van der Waals surface area contributed by atoms with Gasteiger partial charge in [0.2, 0.25) is 5.91 Å². The summed E-state index contributed by atoms with van der Waals surface area (Å²) in [7, 11) is 0. The van der Waals surface area contributed by atoms with Crippen molar-refractivity contribution in [1.82, 2.24) is 9.80 Å². The number of hydrogen-bond donors (Lipinski definition) is 0. The molecule has 1 saturated heterocycles. The molecule has 2 aliphatic heterocycles. The minimum absolute atomic E-state index is 0.114. The monoisotopic (exact) mass is 288 g/mol. The van der Waals surface area contributed by atoms with Crippen molar-refractivity contribution >= 4 is 12.0 Å². The molecule has 5 heteroatoms. The molecule has 2 amide bonds. The first-order chi connectivity index (χ1) is 10.2. The number of rotatable bonds is 3. The molecule has 2 heterocycles. The summed E-state index contributed by atoms with van der Waals surface area (Å²) in [5, 5.41) is 0. The van der Waals surface area contributed by atoms with Crippen LogP contribution in [0.1, 0.15) is 24.0 Å². The van der Waals surface area contributed by atoms with Gasteiger partial charge in [-0.1, -0.05) is 24.3 Å². The summed E-state index contributed by atoms with van der Waals surface area (Å²) < 4.78 is 4.98. The summed E-state index contributed by atoms with van der Waals surface area (Å²) in [6, 6.07) is 8.26. The van der Waals surface area contributed by atoms with Crippen LogP contribution in [0, 0.1) is 0 Å². The summed E-state index contributed by atoms with van der Waals surface area (Å²) in [4.78, 5) is 27.3. The van der Waals surface area contributed by atoms with E-state index < -0.39 is 0 Å². The Morgan fingerprint density at radius 2 is 2.00 bits per heavy atom. The SMILES string of the molecule is O=C(CCN1CCCOC1=O)N1CCc2ccccc2C1. The van der Waals surface area contributed by atoms with Crippen molar-refractivity contribution in [1.29, 1.82) is 0 Å². The van der Waals surface area contributed by atoms with Crippen molar-refractivity contribution in [2.45, 2.75) is 25.8 Å². The first-order valence-electron chi connectivity index (χ1n) is 7.50. The van der Waals surface area contributed by atoms with E-state index in [1.165, 1.54) is 11.1 Å². The van der Waals surface area contributed by atoms with Gasteiger partial charge in [-0.25, -0.2) is 4.79 Å². The zero-order valence-electron chi connectivity index (χ0n) is 12.1. The van der Waals surface area contributed by atoms with E-state index >= 15 is 0 Å². The highest BCUT2D eigenvalue weighted by atomic mass is 16.6. The van der Waals surface area contributed by atoms with Crippen molar-refractivity contribution in [2.24, 2.45) is 0 Å². The van der Waals surface area contributed by atoms with Gasteiger partial charge in [0.15, 0.2) is 0 Å². The van der Waals surface area contributed by atoms with E-state index in [9.17, 15) is 9.59 Å². The van der Waals surface area contributed by atoms with Crippen LogP contribution in [0.25, 0.3) is 0 Å². The fourth-order valence-electron chi connectivity index (χ4n) is 2.90. The highest BCUT2D eigenvalue weighted by molar-refractivity contribution is 5.77. The molecular weight excluding hydrogens is 268 g/mol. The Bertz CT molecular complexity index is 544. The van der Waals surface area contributed by atoms with Crippen molar-refractivity contribution < 1.29 is 14.3 Å². The third-order valence-electron chi connectivity index (χ3n) is 4.14. The maximum atomic E-state index is 12.3. The van der Waals surface area contributed by atoms with Crippen LogP contribution in [0.4, 0.5) is 4.79 Å². The average Bonchev–Trinajstić information content (AvgIpc) is 2.53. The van der Waals surface area contributed by atoms with E-state index in [0.717, 1.165) is 19.4 Å². The van der Waals surface area contributed by atoms with Gasteiger partial charge < -0.3 is 14.5 Å². The first-order valence-corrected chi connectivity index (χ1v) is 7.50. The molecule has 0 N–H and O–H groups in total. The van der Waals surface area contributed by atoms with E-state index in [0.29, 0.717) is 32.7 Å². The molecule has 0 bridgehead atoms. The molecule has 0 atom stereocenters. The number of benzene rings is 1. The van der Waals surface area contributed by atoms with E-state index in [1.54, 1.807) is 4.90 Å². The van der Waals surface area contributed by atoms with Crippen molar-refractivity contribution in [3.8, 4) is 0 Å². The molecule has 21 heavy (non-hydrogen) atoms. The van der Waals surface area contributed by atoms with Gasteiger partial charge in [-0.15, -0.1) is 0 Å². The van der Waals surface area contributed by atoms with E-state index in [-0.39, 0.29) is 12.0 Å². The quantitative estimate of drug-likeness (QED) is 0.852. The molecule has 0 saturated carbocycles. The second-order valence-electron chi connectivity index (χ2n) is 5.54. The lowest BCUT2D eigenvalue weighted by Crippen LogP contribution is -2.41. The van der Waals surface area contributed by atoms with Crippen LogP contribution in [0.15, 0.2) is 24.3 Å². The Balaban J connectivity index is 1.53. The fraction of sp³-hybridized carbons (Fsp3) is 0.500. The van der Waals surface area contributed by atoms with Crippen molar-refractivity contribution in [3.05, 3.63) is 35.4 Å². The maximum absolute atomic E-state index is 12.3. The lowest BCUT2D eigenvalue weighted by molar-refractivity contribution is -0.132. The van der Waals surface area contributed by atoms with Crippen LogP contribution in [0.2, 0.25) is 0 Å². The van der Waals surface area contributed by atoms with Crippen molar-refractivity contribution in [3.63, 3.8) is 0 Å². The predicted octanol–water partition coefficient (Wildman–Crippen LogP) is 1.80. The van der Waals surface area contributed by atoms with E-state index in [2.05, 4.69) is 12.1 Å². The molecule has 112 valence electrons. The standard InChI is InChI=1S/C16H20N2O3/c19-15(7-10-17-8-3-11-21-16(17)20)18-9-6-13-4-1-2-5-14(13)12-18/h1-2,4-5H,3,6-12H2. The molecule has 3 rings (SSSR count). The summed E-state index contributed by atoms with van der Waals surface area (Å²) in [5.41, 5.74) is 2.57. The van der Waals surface area contributed by atoms with Gasteiger partial charge in [0.25, 0.3) is 0 Å². The Labute approximate surface area is 124 Å². The highest BCUT2D eigenvalue weighted by Gasteiger charge is 2.23. The van der Waals surface area contributed by atoms with Crippen molar-refractivity contribution in [2.75, 3.05) is 26.2 Å². The summed E-state index contributed by atoms with van der Waals surface area (Å²) >= 11 is 0. The summed E-state index contributed by atoms with van der Waals surface area (Å²) in [6.07, 6.45) is 1.83.